The largest absolute Gasteiger partial charge is 0.396 e. The van der Waals surface area contributed by atoms with Crippen LogP contribution >= 0.6 is 0 Å². The fourth-order valence-corrected chi connectivity index (χ4v) is 3.99. The lowest BCUT2D eigenvalue weighted by Gasteiger charge is -2.39. The van der Waals surface area contributed by atoms with Crippen LogP contribution in [0.1, 0.15) is 37.0 Å². The summed E-state index contributed by atoms with van der Waals surface area (Å²) in [6.45, 7) is 4.34. The molecular weight excluding hydrogens is 314 g/mol. The summed E-state index contributed by atoms with van der Waals surface area (Å²) in [6, 6.07) is 3.37. The standard InChI is InChI=1S/C18H20F2N2O2/c1-17(2)9-18(8-13(21)15(17)23)6-7-22(10-18)16(24)14-11(19)4-3-5-12(14)20/h3-5,8H,6-7,9-10,21H2,1-2H3/t18-/m1/s1. The predicted molar refractivity (Wildman–Crippen MR) is 85.0 cm³/mol. The van der Waals surface area contributed by atoms with Crippen LogP contribution in [0.3, 0.4) is 0 Å². The highest BCUT2D eigenvalue weighted by Gasteiger charge is 2.48. The molecule has 1 fully saturated rings. The molecule has 0 radical (unpaired) electrons. The Morgan fingerprint density at radius 3 is 2.46 bits per heavy atom. The molecule has 4 nitrogen and oxygen atoms in total. The molecule has 1 aliphatic heterocycles. The number of benzene rings is 1. The molecule has 128 valence electrons. The van der Waals surface area contributed by atoms with Crippen LogP contribution < -0.4 is 5.73 Å². The van der Waals surface area contributed by atoms with Gasteiger partial charge in [0.05, 0.1) is 5.70 Å². The van der Waals surface area contributed by atoms with Gasteiger partial charge in [0.15, 0.2) is 5.78 Å². The van der Waals surface area contributed by atoms with Crippen LogP contribution in [0.5, 0.6) is 0 Å². The number of hydrogen-bond donors (Lipinski definition) is 1. The molecule has 6 heteroatoms. The van der Waals surface area contributed by atoms with Gasteiger partial charge in [-0.25, -0.2) is 8.78 Å². The van der Waals surface area contributed by atoms with Crippen LogP contribution in [-0.4, -0.2) is 29.7 Å². The van der Waals surface area contributed by atoms with Gasteiger partial charge in [0.1, 0.15) is 17.2 Å². The number of nitrogens with two attached hydrogens (primary N) is 1. The fraction of sp³-hybridized carbons (Fsp3) is 0.444. The minimum atomic E-state index is -0.866. The second kappa shape index (κ2) is 5.40. The maximum atomic E-state index is 13.9. The summed E-state index contributed by atoms with van der Waals surface area (Å²) in [5, 5.41) is 0. The summed E-state index contributed by atoms with van der Waals surface area (Å²) >= 11 is 0. The Kier molecular flexibility index (Phi) is 3.73. The van der Waals surface area contributed by atoms with Gasteiger partial charge in [0.25, 0.3) is 5.91 Å². The third kappa shape index (κ3) is 2.60. The maximum absolute atomic E-state index is 13.9. The Hall–Kier alpha value is -2.24. The van der Waals surface area contributed by atoms with E-state index in [1.807, 2.05) is 13.8 Å². The van der Waals surface area contributed by atoms with E-state index in [9.17, 15) is 18.4 Å². The molecule has 2 N–H and O–H groups in total. The number of ketones is 1. The molecule has 1 heterocycles. The second-order valence-electron chi connectivity index (χ2n) is 7.43. The number of allylic oxidation sites excluding steroid dienone is 1. The Bertz CT molecular complexity index is 737. The van der Waals surface area contributed by atoms with E-state index >= 15 is 0 Å². The van der Waals surface area contributed by atoms with E-state index in [1.165, 1.54) is 11.0 Å². The summed E-state index contributed by atoms with van der Waals surface area (Å²) in [5.74, 6) is -2.49. The van der Waals surface area contributed by atoms with E-state index in [4.69, 9.17) is 5.73 Å². The third-order valence-electron chi connectivity index (χ3n) is 4.98. The lowest BCUT2D eigenvalue weighted by atomic mass is 9.65. The molecule has 1 atom stereocenters. The van der Waals surface area contributed by atoms with Gasteiger partial charge in [-0.1, -0.05) is 19.9 Å². The molecule has 1 aliphatic carbocycles. The lowest BCUT2D eigenvalue weighted by molar-refractivity contribution is -0.125. The first-order chi connectivity index (χ1) is 11.2. The van der Waals surface area contributed by atoms with Crippen molar-refractivity contribution in [3.05, 3.63) is 47.2 Å². The number of amides is 1. The highest BCUT2D eigenvalue weighted by Crippen LogP contribution is 2.47. The molecule has 1 spiro atoms. The van der Waals surface area contributed by atoms with Gasteiger partial charge in [-0.2, -0.15) is 0 Å². The van der Waals surface area contributed by atoms with Crippen molar-refractivity contribution >= 4 is 11.7 Å². The van der Waals surface area contributed by atoms with Crippen molar-refractivity contribution in [2.45, 2.75) is 26.7 Å². The molecule has 1 aromatic carbocycles. The van der Waals surface area contributed by atoms with Crippen LogP contribution in [0.25, 0.3) is 0 Å². The van der Waals surface area contributed by atoms with Gasteiger partial charge in [-0.15, -0.1) is 0 Å². The van der Waals surface area contributed by atoms with Gasteiger partial charge in [-0.3, -0.25) is 9.59 Å². The number of carbonyl (C=O) groups excluding carboxylic acids is 2. The van der Waals surface area contributed by atoms with E-state index in [-0.39, 0.29) is 11.5 Å². The van der Waals surface area contributed by atoms with Crippen molar-refractivity contribution in [1.29, 1.82) is 0 Å². The highest BCUT2D eigenvalue weighted by molar-refractivity contribution is 6.00. The van der Waals surface area contributed by atoms with E-state index in [2.05, 4.69) is 0 Å². The molecular formula is C18H20F2N2O2. The monoisotopic (exact) mass is 334 g/mol. The fourth-order valence-electron chi connectivity index (χ4n) is 3.99. The highest BCUT2D eigenvalue weighted by atomic mass is 19.1. The van der Waals surface area contributed by atoms with Crippen molar-refractivity contribution in [3.63, 3.8) is 0 Å². The summed E-state index contributed by atoms with van der Waals surface area (Å²) in [5.41, 5.74) is 4.53. The van der Waals surface area contributed by atoms with Crippen LogP contribution in [0.2, 0.25) is 0 Å². The van der Waals surface area contributed by atoms with Crippen LogP contribution in [0.15, 0.2) is 30.0 Å². The van der Waals surface area contributed by atoms with E-state index in [1.54, 1.807) is 6.08 Å². The van der Waals surface area contributed by atoms with Crippen molar-refractivity contribution in [2.75, 3.05) is 13.1 Å². The lowest BCUT2D eigenvalue weighted by Crippen LogP contribution is -2.42. The topological polar surface area (TPSA) is 63.4 Å². The Labute approximate surface area is 139 Å². The van der Waals surface area contributed by atoms with Gasteiger partial charge < -0.3 is 10.6 Å². The Balaban J connectivity index is 1.88. The average Bonchev–Trinajstić information content (AvgIpc) is 2.87. The first-order valence-electron chi connectivity index (χ1n) is 7.92. The van der Waals surface area contributed by atoms with Gasteiger partial charge in [0.2, 0.25) is 0 Å². The van der Waals surface area contributed by atoms with E-state index in [0.717, 1.165) is 12.1 Å². The number of halogens is 2. The molecule has 1 aromatic rings. The Morgan fingerprint density at radius 2 is 1.88 bits per heavy atom. The average molecular weight is 334 g/mol. The number of hydrogen-bond acceptors (Lipinski definition) is 3. The minimum Gasteiger partial charge on any atom is -0.396 e. The molecule has 24 heavy (non-hydrogen) atoms. The van der Waals surface area contributed by atoms with E-state index < -0.39 is 33.9 Å². The first kappa shape index (κ1) is 16.6. The zero-order valence-electron chi connectivity index (χ0n) is 13.7. The van der Waals surface area contributed by atoms with Crippen molar-refractivity contribution < 1.29 is 18.4 Å². The van der Waals surface area contributed by atoms with Gasteiger partial charge in [0, 0.05) is 23.9 Å². The molecule has 0 unspecified atom stereocenters. The minimum absolute atomic E-state index is 0.0990. The quantitative estimate of drug-likeness (QED) is 0.859. The number of rotatable bonds is 1. The number of nitrogens with zero attached hydrogens (tertiary/aromatic N) is 1. The molecule has 1 amide bonds. The summed E-state index contributed by atoms with van der Waals surface area (Å²) in [4.78, 5) is 26.1. The second-order valence-corrected chi connectivity index (χ2v) is 7.43. The molecule has 0 saturated carbocycles. The van der Waals surface area contributed by atoms with Crippen LogP contribution in [0.4, 0.5) is 8.78 Å². The summed E-state index contributed by atoms with van der Waals surface area (Å²) < 4.78 is 27.7. The normalized spacial score (nSPS) is 25.9. The predicted octanol–water partition coefficient (Wildman–Crippen LogP) is 2.64. The maximum Gasteiger partial charge on any atom is 0.259 e. The Morgan fingerprint density at radius 1 is 1.25 bits per heavy atom. The van der Waals surface area contributed by atoms with Crippen molar-refractivity contribution in [1.82, 2.24) is 4.90 Å². The van der Waals surface area contributed by atoms with Crippen LogP contribution in [0, 0.1) is 22.5 Å². The van der Waals surface area contributed by atoms with Crippen molar-refractivity contribution in [2.24, 2.45) is 16.6 Å². The summed E-state index contributed by atoms with van der Waals surface area (Å²) in [6.07, 6.45) is 2.90. The van der Waals surface area contributed by atoms with E-state index in [0.29, 0.717) is 25.9 Å². The molecule has 1 saturated heterocycles. The third-order valence-corrected chi connectivity index (χ3v) is 4.98. The number of likely N-dealkylation sites (tertiary alicyclic amines) is 1. The van der Waals surface area contributed by atoms with Gasteiger partial charge in [-0.05, 0) is 31.1 Å². The molecule has 0 aromatic heterocycles. The summed E-state index contributed by atoms with van der Waals surface area (Å²) in [7, 11) is 0. The van der Waals surface area contributed by atoms with Crippen LogP contribution in [-0.2, 0) is 4.79 Å². The van der Waals surface area contributed by atoms with Gasteiger partial charge >= 0.3 is 0 Å². The number of Topliss-reactive ketones (excluding diaryl/α,β-unsaturated/α-hetero) is 1. The smallest absolute Gasteiger partial charge is 0.259 e. The zero-order valence-corrected chi connectivity index (χ0v) is 13.7. The van der Waals surface area contributed by atoms with Crippen molar-refractivity contribution in [3.8, 4) is 0 Å². The zero-order chi connectivity index (χ0) is 17.7. The molecule has 0 bridgehead atoms. The first-order valence-corrected chi connectivity index (χ1v) is 7.92. The number of carbonyl (C=O) groups is 2. The molecule has 3 rings (SSSR count). The molecule has 2 aliphatic rings. The SMILES string of the molecule is CC1(C)C[C@]2(C=C(N)C1=O)CCN(C(=O)c1c(F)cccc1F)C2.